The second kappa shape index (κ2) is 3.20. The van der Waals surface area contributed by atoms with Crippen LogP contribution in [0.4, 0.5) is 4.39 Å². The molecular formula is C8H14FNO. The molecule has 1 unspecified atom stereocenters. The third-order valence-corrected chi connectivity index (χ3v) is 1.99. The molecule has 1 amide bonds. The molecule has 0 bridgehead atoms. The van der Waals surface area contributed by atoms with Crippen molar-refractivity contribution >= 4 is 5.91 Å². The third kappa shape index (κ3) is 1.70. The molecule has 1 saturated heterocycles. The number of rotatable bonds is 2. The second-order valence-corrected chi connectivity index (χ2v) is 3.32. The number of carbonyl (C=O) groups is 1. The molecule has 0 aromatic carbocycles. The number of amides is 1. The summed E-state index contributed by atoms with van der Waals surface area (Å²) in [5, 5.41) is 0. The van der Waals surface area contributed by atoms with E-state index in [2.05, 4.69) is 0 Å². The molecule has 64 valence electrons. The van der Waals surface area contributed by atoms with Crippen LogP contribution < -0.4 is 0 Å². The minimum absolute atomic E-state index is 0.192. The Labute approximate surface area is 66.4 Å². The maximum atomic E-state index is 13.0. The van der Waals surface area contributed by atoms with E-state index in [1.807, 2.05) is 0 Å². The van der Waals surface area contributed by atoms with Crippen molar-refractivity contribution in [3.63, 3.8) is 0 Å². The highest BCUT2D eigenvalue weighted by molar-refractivity contribution is 5.81. The number of halogens is 1. The molecule has 0 aromatic heterocycles. The van der Waals surface area contributed by atoms with E-state index in [0.717, 1.165) is 19.5 Å². The van der Waals surface area contributed by atoms with Gasteiger partial charge in [0.2, 0.25) is 0 Å². The van der Waals surface area contributed by atoms with Crippen molar-refractivity contribution in [2.75, 3.05) is 13.1 Å². The largest absolute Gasteiger partial charge is 0.340 e. The van der Waals surface area contributed by atoms with E-state index < -0.39 is 6.17 Å². The van der Waals surface area contributed by atoms with Gasteiger partial charge in [-0.2, -0.15) is 0 Å². The van der Waals surface area contributed by atoms with Crippen LogP contribution in [-0.2, 0) is 4.79 Å². The van der Waals surface area contributed by atoms with Crippen molar-refractivity contribution in [3.8, 4) is 0 Å². The first-order chi connectivity index (χ1) is 5.13. The highest BCUT2D eigenvalue weighted by Gasteiger charge is 2.29. The molecule has 0 radical (unpaired) electrons. The fourth-order valence-corrected chi connectivity index (χ4v) is 0.996. The van der Waals surface area contributed by atoms with Gasteiger partial charge in [0.1, 0.15) is 0 Å². The topological polar surface area (TPSA) is 20.3 Å². The highest BCUT2D eigenvalue weighted by Crippen LogP contribution is 2.14. The van der Waals surface area contributed by atoms with E-state index in [1.165, 1.54) is 0 Å². The lowest BCUT2D eigenvalue weighted by Crippen LogP contribution is -2.47. The normalized spacial score (nSPS) is 19.8. The Morgan fingerprint density at radius 1 is 1.45 bits per heavy atom. The lowest BCUT2D eigenvalue weighted by Gasteiger charge is -2.32. The number of alkyl halides is 1. The summed E-state index contributed by atoms with van der Waals surface area (Å²) in [6, 6.07) is 0. The van der Waals surface area contributed by atoms with E-state index >= 15 is 0 Å². The zero-order chi connectivity index (χ0) is 8.43. The van der Waals surface area contributed by atoms with Gasteiger partial charge in [0.15, 0.2) is 6.17 Å². The van der Waals surface area contributed by atoms with Gasteiger partial charge in [-0.1, -0.05) is 13.8 Å². The number of nitrogens with zero attached hydrogens (tertiary/aromatic N) is 1. The summed E-state index contributed by atoms with van der Waals surface area (Å²) in [6.07, 6.45) is -0.272. The maximum Gasteiger partial charge on any atom is 0.257 e. The Balaban J connectivity index is 2.39. The summed E-state index contributed by atoms with van der Waals surface area (Å²) in [6.45, 7) is 4.93. The van der Waals surface area contributed by atoms with Gasteiger partial charge >= 0.3 is 0 Å². The summed E-state index contributed by atoms with van der Waals surface area (Å²) in [5.74, 6) is -0.519. The van der Waals surface area contributed by atoms with Crippen molar-refractivity contribution in [2.45, 2.75) is 26.4 Å². The van der Waals surface area contributed by atoms with Crippen molar-refractivity contribution in [1.82, 2.24) is 4.90 Å². The first-order valence-electron chi connectivity index (χ1n) is 4.06. The quantitative estimate of drug-likeness (QED) is 0.593. The van der Waals surface area contributed by atoms with Crippen molar-refractivity contribution in [3.05, 3.63) is 0 Å². The predicted molar refractivity (Wildman–Crippen MR) is 40.9 cm³/mol. The molecule has 3 heteroatoms. The molecule has 1 atom stereocenters. The van der Waals surface area contributed by atoms with Crippen LogP contribution in [0.25, 0.3) is 0 Å². The standard InChI is InChI=1S/C8H14FNO/c1-6(2)7(9)8(11)10-4-3-5-10/h6-7H,3-5H2,1-2H3. The van der Waals surface area contributed by atoms with Gasteiger partial charge in [-0.25, -0.2) is 4.39 Å². The Kier molecular flexibility index (Phi) is 2.47. The average Bonchev–Trinajstić information content (AvgIpc) is 1.82. The first kappa shape index (κ1) is 8.50. The van der Waals surface area contributed by atoms with E-state index in [-0.39, 0.29) is 11.8 Å². The lowest BCUT2D eigenvalue weighted by atomic mass is 10.1. The van der Waals surface area contributed by atoms with E-state index in [1.54, 1.807) is 18.7 Å². The molecule has 0 saturated carbocycles. The second-order valence-electron chi connectivity index (χ2n) is 3.32. The molecule has 1 aliphatic heterocycles. The summed E-state index contributed by atoms with van der Waals surface area (Å²) in [4.78, 5) is 12.7. The van der Waals surface area contributed by atoms with Gasteiger partial charge in [-0.05, 0) is 12.3 Å². The Bertz CT molecular complexity index is 154. The van der Waals surface area contributed by atoms with E-state index in [0.29, 0.717) is 0 Å². The summed E-state index contributed by atoms with van der Waals surface area (Å²) in [7, 11) is 0. The van der Waals surface area contributed by atoms with Crippen LogP contribution >= 0.6 is 0 Å². The van der Waals surface area contributed by atoms with Gasteiger partial charge in [0, 0.05) is 13.1 Å². The van der Waals surface area contributed by atoms with E-state index in [4.69, 9.17) is 0 Å². The van der Waals surface area contributed by atoms with Gasteiger partial charge < -0.3 is 4.90 Å². The lowest BCUT2D eigenvalue weighted by molar-refractivity contribution is -0.141. The van der Waals surface area contributed by atoms with E-state index in [9.17, 15) is 9.18 Å². The van der Waals surface area contributed by atoms with Crippen molar-refractivity contribution < 1.29 is 9.18 Å². The minimum Gasteiger partial charge on any atom is -0.340 e. The molecule has 2 nitrogen and oxygen atoms in total. The molecule has 11 heavy (non-hydrogen) atoms. The van der Waals surface area contributed by atoms with Crippen LogP contribution in [-0.4, -0.2) is 30.1 Å². The molecule has 1 heterocycles. The minimum atomic E-state index is -1.30. The predicted octanol–water partition coefficient (Wildman–Crippen LogP) is 1.21. The fraction of sp³-hybridized carbons (Fsp3) is 0.875. The molecule has 1 rings (SSSR count). The van der Waals surface area contributed by atoms with Gasteiger partial charge in [-0.15, -0.1) is 0 Å². The highest BCUT2D eigenvalue weighted by atomic mass is 19.1. The molecule has 0 N–H and O–H groups in total. The SMILES string of the molecule is CC(C)C(F)C(=O)N1CCC1. The van der Waals surface area contributed by atoms with Crippen molar-refractivity contribution in [1.29, 1.82) is 0 Å². The number of hydrogen-bond donors (Lipinski definition) is 0. The van der Waals surface area contributed by atoms with Gasteiger partial charge in [-0.3, -0.25) is 4.79 Å². The van der Waals surface area contributed by atoms with Crippen LogP contribution in [0.5, 0.6) is 0 Å². The number of hydrogen-bond acceptors (Lipinski definition) is 1. The number of carbonyl (C=O) groups excluding carboxylic acids is 1. The maximum absolute atomic E-state index is 13.0. The summed E-state index contributed by atoms with van der Waals surface area (Å²) in [5.41, 5.74) is 0. The summed E-state index contributed by atoms with van der Waals surface area (Å²) >= 11 is 0. The molecular weight excluding hydrogens is 145 g/mol. The molecule has 1 fully saturated rings. The van der Waals surface area contributed by atoms with Crippen LogP contribution in [0.3, 0.4) is 0 Å². The van der Waals surface area contributed by atoms with Crippen LogP contribution in [0, 0.1) is 5.92 Å². The van der Waals surface area contributed by atoms with Crippen LogP contribution in [0.2, 0.25) is 0 Å². The van der Waals surface area contributed by atoms with Crippen LogP contribution in [0.15, 0.2) is 0 Å². The van der Waals surface area contributed by atoms with Crippen LogP contribution in [0.1, 0.15) is 20.3 Å². The molecule has 0 aromatic rings. The number of likely N-dealkylation sites (tertiary alicyclic amines) is 1. The smallest absolute Gasteiger partial charge is 0.257 e. The zero-order valence-electron chi connectivity index (χ0n) is 7.01. The van der Waals surface area contributed by atoms with Crippen molar-refractivity contribution in [2.24, 2.45) is 5.92 Å². The Morgan fingerprint density at radius 2 is 2.00 bits per heavy atom. The third-order valence-electron chi connectivity index (χ3n) is 1.99. The van der Waals surface area contributed by atoms with Gasteiger partial charge in [0.05, 0.1) is 0 Å². The monoisotopic (exact) mass is 159 g/mol. The zero-order valence-corrected chi connectivity index (χ0v) is 7.01. The fourth-order valence-electron chi connectivity index (χ4n) is 0.996. The molecule has 0 spiro atoms. The van der Waals surface area contributed by atoms with Gasteiger partial charge in [0.25, 0.3) is 5.91 Å². The Morgan fingerprint density at radius 3 is 2.27 bits per heavy atom. The molecule has 1 aliphatic rings. The first-order valence-corrected chi connectivity index (χ1v) is 4.06. The Hall–Kier alpha value is -0.600. The molecule has 0 aliphatic carbocycles. The average molecular weight is 159 g/mol. The summed E-state index contributed by atoms with van der Waals surface area (Å²) < 4.78 is 13.0.